The summed E-state index contributed by atoms with van der Waals surface area (Å²) in [6, 6.07) is 0. The Labute approximate surface area is 179 Å². The van der Waals surface area contributed by atoms with Crippen LogP contribution in [0.2, 0.25) is 0 Å². The second-order valence-corrected chi connectivity index (χ2v) is 11.2. The first-order valence-electron chi connectivity index (χ1n) is 11.4. The Balaban J connectivity index is 3.80. The molecule has 0 heterocycles. The molecular formula is C23H47NO4P+. The van der Waals surface area contributed by atoms with Crippen LogP contribution in [0.5, 0.6) is 0 Å². The average molecular weight is 433 g/mol. The normalized spacial score (nSPS) is 15.4. The Morgan fingerprint density at radius 2 is 1.17 bits per heavy atom. The molecule has 29 heavy (non-hydrogen) atoms. The number of unbranched alkanes of at least 4 members (excludes halogenated alkanes) is 9. The van der Waals surface area contributed by atoms with E-state index >= 15 is 0 Å². The summed E-state index contributed by atoms with van der Waals surface area (Å²) in [5.41, 5.74) is 0. The third-order valence-electron chi connectivity index (χ3n) is 5.02. The number of aliphatic hydroxyl groups is 1. The summed E-state index contributed by atoms with van der Waals surface area (Å²) in [5.74, 6) is 0. The Morgan fingerprint density at radius 1 is 0.759 bits per heavy atom. The van der Waals surface area contributed by atoms with Crippen molar-refractivity contribution < 1.29 is 23.9 Å². The Kier molecular flexibility index (Phi) is 15.1. The van der Waals surface area contributed by atoms with Crippen molar-refractivity contribution in [2.75, 3.05) is 27.7 Å². The van der Waals surface area contributed by atoms with E-state index in [4.69, 9.17) is 0 Å². The van der Waals surface area contributed by atoms with Crippen LogP contribution in [0.1, 0.15) is 90.4 Å². The van der Waals surface area contributed by atoms with Crippen molar-refractivity contribution in [3.8, 4) is 0 Å². The van der Waals surface area contributed by atoms with E-state index in [1.807, 2.05) is 21.1 Å². The fraction of sp³-hybridized carbons (Fsp3) is 0.826. The summed E-state index contributed by atoms with van der Waals surface area (Å²) < 4.78 is 12.0. The van der Waals surface area contributed by atoms with Gasteiger partial charge in [-0.15, -0.1) is 0 Å². The van der Waals surface area contributed by atoms with Gasteiger partial charge in [0.05, 0.1) is 21.1 Å². The molecule has 5 nitrogen and oxygen atoms in total. The van der Waals surface area contributed by atoms with Crippen molar-refractivity contribution in [1.82, 2.24) is 0 Å². The van der Waals surface area contributed by atoms with Crippen LogP contribution in [0.3, 0.4) is 0 Å². The maximum atomic E-state index is 11.7. The zero-order chi connectivity index (χ0) is 22.2. The molecule has 6 heteroatoms. The number of rotatable bonds is 18. The molecule has 0 aromatic heterocycles. The highest BCUT2D eigenvalue weighted by Crippen LogP contribution is 2.52. The summed E-state index contributed by atoms with van der Waals surface area (Å²) in [6.45, 7) is 2.26. The molecule has 0 rings (SSSR count). The van der Waals surface area contributed by atoms with E-state index in [9.17, 15) is 19.5 Å². The van der Waals surface area contributed by atoms with Crippen LogP contribution in [-0.4, -0.2) is 52.4 Å². The first kappa shape index (κ1) is 28.5. The third kappa shape index (κ3) is 16.0. The molecule has 0 bridgehead atoms. The van der Waals surface area contributed by atoms with Gasteiger partial charge >= 0.3 is 7.60 Å². The van der Waals surface area contributed by atoms with Crippen LogP contribution in [0.25, 0.3) is 0 Å². The van der Waals surface area contributed by atoms with E-state index in [2.05, 4.69) is 31.2 Å². The maximum Gasteiger partial charge on any atom is 0.362 e. The van der Waals surface area contributed by atoms with Crippen molar-refractivity contribution in [2.24, 2.45) is 0 Å². The van der Waals surface area contributed by atoms with Gasteiger partial charge < -0.3 is 19.4 Å². The van der Waals surface area contributed by atoms with Gasteiger partial charge in [-0.2, -0.15) is 0 Å². The highest BCUT2D eigenvalue weighted by Gasteiger charge is 2.48. The smallest absolute Gasteiger partial charge is 0.362 e. The standard InChI is InChI=1S/C23H46NO4P/c1-5-6-7-8-9-10-11-12-13-14-15-16-17-18-19-20-21-23(25,29(26,27)28)22-24(2,3)4/h8-9,17-18,25H,5-7,10-16,19-22H2,1-4H3,(H-,26,27,28)/p+1/b9-8-,18-17-. The van der Waals surface area contributed by atoms with Gasteiger partial charge in [-0.1, -0.05) is 63.3 Å². The zero-order valence-electron chi connectivity index (χ0n) is 19.4. The maximum absolute atomic E-state index is 11.7. The summed E-state index contributed by atoms with van der Waals surface area (Å²) >= 11 is 0. The Hall–Kier alpha value is -0.450. The molecule has 0 fully saturated rings. The Bertz CT molecular complexity index is 507. The topological polar surface area (TPSA) is 77.8 Å². The summed E-state index contributed by atoms with van der Waals surface area (Å²) in [5, 5.41) is 8.55. The molecule has 0 amide bonds. The minimum Gasteiger partial charge on any atom is -0.373 e. The van der Waals surface area contributed by atoms with Crippen LogP contribution in [0.15, 0.2) is 24.3 Å². The quantitative estimate of drug-likeness (QED) is 0.111. The van der Waals surface area contributed by atoms with Crippen LogP contribution >= 0.6 is 7.60 Å². The summed E-state index contributed by atoms with van der Waals surface area (Å²) in [6.07, 6.45) is 22.7. The fourth-order valence-electron chi connectivity index (χ4n) is 3.43. The minimum absolute atomic E-state index is 0.0372. The molecule has 0 aliphatic carbocycles. The number of allylic oxidation sites excluding steroid dienone is 4. The monoisotopic (exact) mass is 432 g/mol. The SMILES string of the molecule is CCCC/C=C\CCCCCCC/C=C\CCCC(O)(C[N+](C)(C)C)P(=O)(O)O. The van der Waals surface area contributed by atoms with E-state index in [0.717, 1.165) is 12.8 Å². The van der Waals surface area contributed by atoms with Gasteiger partial charge in [0, 0.05) is 0 Å². The van der Waals surface area contributed by atoms with Crippen molar-refractivity contribution in [2.45, 2.75) is 95.7 Å². The van der Waals surface area contributed by atoms with E-state index < -0.39 is 12.9 Å². The van der Waals surface area contributed by atoms with Gasteiger partial charge in [-0.25, -0.2) is 0 Å². The zero-order valence-corrected chi connectivity index (χ0v) is 20.2. The average Bonchev–Trinajstić information content (AvgIpc) is 2.59. The van der Waals surface area contributed by atoms with Crippen molar-refractivity contribution in [3.63, 3.8) is 0 Å². The lowest BCUT2D eigenvalue weighted by molar-refractivity contribution is -0.875. The van der Waals surface area contributed by atoms with Gasteiger partial charge in [0.2, 0.25) is 5.34 Å². The fourth-order valence-corrected chi connectivity index (χ4v) is 4.49. The van der Waals surface area contributed by atoms with E-state index in [1.54, 1.807) is 0 Å². The second-order valence-electron chi connectivity index (χ2n) is 9.30. The van der Waals surface area contributed by atoms with Gasteiger partial charge in [-0.3, -0.25) is 4.57 Å². The highest BCUT2D eigenvalue weighted by atomic mass is 31.2. The van der Waals surface area contributed by atoms with E-state index in [-0.39, 0.29) is 13.0 Å². The predicted molar refractivity (Wildman–Crippen MR) is 124 cm³/mol. The largest absolute Gasteiger partial charge is 0.373 e. The molecule has 1 unspecified atom stereocenters. The molecule has 0 aliphatic rings. The Morgan fingerprint density at radius 3 is 1.59 bits per heavy atom. The molecule has 0 aromatic carbocycles. The van der Waals surface area contributed by atoms with Crippen molar-refractivity contribution >= 4 is 7.60 Å². The molecule has 0 saturated carbocycles. The highest BCUT2D eigenvalue weighted by molar-refractivity contribution is 7.53. The van der Waals surface area contributed by atoms with Gasteiger partial charge in [0.15, 0.2) is 0 Å². The second kappa shape index (κ2) is 15.4. The lowest BCUT2D eigenvalue weighted by Crippen LogP contribution is -2.49. The molecule has 0 aliphatic heterocycles. The number of hydrogen-bond acceptors (Lipinski definition) is 2. The van der Waals surface area contributed by atoms with Crippen LogP contribution < -0.4 is 0 Å². The van der Waals surface area contributed by atoms with Gasteiger partial charge in [0.25, 0.3) is 0 Å². The molecule has 1 atom stereocenters. The number of quaternary nitrogens is 1. The van der Waals surface area contributed by atoms with Crippen LogP contribution in [-0.2, 0) is 4.57 Å². The molecule has 3 N–H and O–H groups in total. The minimum atomic E-state index is -4.56. The number of likely N-dealkylation sites (N-methyl/N-ethyl adjacent to an activating group) is 1. The molecule has 172 valence electrons. The first-order valence-corrected chi connectivity index (χ1v) is 13.0. The molecule has 0 aromatic rings. The first-order chi connectivity index (χ1) is 13.5. The molecule has 0 spiro atoms. The van der Waals surface area contributed by atoms with Gasteiger partial charge in [0.1, 0.15) is 6.54 Å². The van der Waals surface area contributed by atoms with Crippen LogP contribution in [0.4, 0.5) is 0 Å². The predicted octanol–water partition coefficient (Wildman–Crippen LogP) is 5.76. The van der Waals surface area contributed by atoms with Gasteiger partial charge in [-0.05, 0) is 51.4 Å². The summed E-state index contributed by atoms with van der Waals surface area (Å²) in [4.78, 5) is 19.1. The number of nitrogens with zero attached hydrogens (tertiary/aromatic N) is 1. The molecular weight excluding hydrogens is 385 g/mol. The van der Waals surface area contributed by atoms with E-state index in [1.165, 1.54) is 57.8 Å². The van der Waals surface area contributed by atoms with E-state index in [0.29, 0.717) is 10.9 Å². The lowest BCUT2D eigenvalue weighted by atomic mass is 10.1. The number of hydrogen-bond donors (Lipinski definition) is 3. The third-order valence-corrected chi connectivity index (χ3v) is 6.47. The van der Waals surface area contributed by atoms with Crippen molar-refractivity contribution in [3.05, 3.63) is 24.3 Å². The lowest BCUT2D eigenvalue weighted by Gasteiger charge is -2.35. The van der Waals surface area contributed by atoms with Crippen molar-refractivity contribution in [1.29, 1.82) is 0 Å². The molecule has 0 saturated heterocycles. The van der Waals surface area contributed by atoms with Crippen LogP contribution in [0, 0.1) is 0 Å². The summed E-state index contributed by atoms with van der Waals surface area (Å²) in [7, 11) is 0.910. The molecule has 0 radical (unpaired) electrons.